The van der Waals surface area contributed by atoms with Crippen molar-refractivity contribution in [2.75, 3.05) is 11.5 Å². The number of fused-ring (bicyclic) bond motifs is 2. The van der Waals surface area contributed by atoms with Gasteiger partial charge in [-0.3, -0.25) is 0 Å². The minimum Gasteiger partial charge on any atom is -0.310 e. The molecule has 0 aromatic rings. The predicted octanol–water partition coefficient (Wildman–Crippen LogP) is 1.24. The van der Waals surface area contributed by atoms with Gasteiger partial charge >= 0.3 is 0 Å². The van der Waals surface area contributed by atoms with Crippen LogP contribution in [0.5, 0.6) is 0 Å². The van der Waals surface area contributed by atoms with E-state index in [9.17, 15) is 0 Å². The summed E-state index contributed by atoms with van der Waals surface area (Å²) in [5.41, 5.74) is 0. The maximum absolute atomic E-state index is 3.63. The van der Waals surface area contributed by atoms with E-state index in [1.165, 1.54) is 30.8 Å². The number of piperidine rings is 1. The van der Waals surface area contributed by atoms with Crippen molar-refractivity contribution in [3.63, 3.8) is 0 Å². The Balaban J connectivity index is 1.96. The van der Waals surface area contributed by atoms with Crippen LogP contribution in [0, 0.1) is 0 Å². The lowest BCUT2D eigenvalue weighted by Gasteiger charge is -2.35. The predicted molar refractivity (Wildman–Crippen MR) is 41.9 cm³/mol. The topological polar surface area (TPSA) is 12.0 Å². The molecule has 0 spiro atoms. The third-order valence-corrected chi connectivity index (χ3v) is 3.49. The maximum atomic E-state index is 3.63. The van der Waals surface area contributed by atoms with E-state index in [0.29, 0.717) is 0 Å². The third kappa shape index (κ3) is 1.24. The minimum atomic E-state index is 0.863. The molecule has 0 aromatic heterocycles. The van der Waals surface area contributed by atoms with E-state index < -0.39 is 0 Å². The maximum Gasteiger partial charge on any atom is 0.0161 e. The molecule has 0 saturated carbocycles. The van der Waals surface area contributed by atoms with Crippen molar-refractivity contribution in [2.45, 2.75) is 31.3 Å². The lowest BCUT2D eigenvalue weighted by molar-refractivity contribution is 0.350. The third-order valence-electron chi connectivity index (χ3n) is 2.21. The summed E-state index contributed by atoms with van der Waals surface area (Å²) in [5, 5.41) is 3.63. The SMILES string of the molecule is C1C[C@@H]2CSC[C@H](C1)N2. The van der Waals surface area contributed by atoms with E-state index in [1.807, 2.05) is 0 Å². The zero-order chi connectivity index (χ0) is 6.10. The minimum absolute atomic E-state index is 0.863. The van der Waals surface area contributed by atoms with Gasteiger partial charge in [0.1, 0.15) is 0 Å². The van der Waals surface area contributed by atoms with Gasteiger partial charge in [-0.15, -0.1) is 0 Å². The van der Waals surface area contributed by atoms with Crippen molar-refractivity contribution in [2.24, 2.45) is 0 Å². The molecule has 0 aromatic carbocycles. The van der Waals surface area contributed by atoms with Crippen molar-refractivity contribution in [1.29, 1.82) is 0 Å². The average molecular weight is 143 g/mol. The standard InChI is InChI=1S/C7H13NS/c1-2-6-4-9-5-7(3-1)8-6/h6-8H,1-5H2/t6-,7+. The molecule has 2 bridgehead atoms. The molecule has 52 valence electrons. The Hall–Kier alpha value is 0.310. The lowest BCUT2D eigenvalue weighted by atomic mass is 10.0. The summed E-state index contributed by atoms with van der Waals surface area (Å²) in [5.74, 6) is 2.72. The highest BCUT2D eigenvalue weighted by Crippen LogP contribution is 2.23. The molecule has 0 unspecified atom stereocenters. The van der Waals surface area contributed by atoms with Crippen molar-refractivity contribution in [3.05, 3.63) is 0 Å². The summed E-state index contributed by atoms with van der Waals surface area (Å²) < 4.78 is 0. The zero-order valence-electron chi connectivity index (χ0n) is 5.60. The molecule has 0 radical (unpaired) electrons. The monoisotopic (exact) mass is 143 g/mol. The van der Waals surface area contributed by atoms with Crippen LogP contribution in [0.25, 0.3) is 0 Å². The molecule has 2 fully saturated rings. The summed E-state index contributed by atoms with van der Waals surface area (Å²) in [6, 6.07) is 1.73. The molecular formula is C7H13NS. The Morgan fingerprint density at radius 1 is 1.11 bits per heavy atom. The molecule has 1 nitrogen and oxygen atoms in total. The summed E-state index contributed by atoms with van der Waals surface area (Å²) in [6.07, 6.45) is 4.30. The Labute approximate surface area is 60.6 Å². The number of hydrogen-bond acceptors (Lipinski definition) is 2. The molecule has 9 heavy (non-hydrogen) atoms. The Kier molecular flexibility index (Phi) is 1.68. The largest absolute Gasteiger partial charge is 0.310 e. The Morgan fingerprint density at radius 3 is 2.33 bits per heavy atom. The van der Waals surface area contributed by atoms with Gasteiger partial charge in [0.05, 0.1) is 0 Å². The van der Waals surface area contributed by atoms with E-state index in [2.05, 4.69) is 17.1 Å². The molecule has 0 aliphatic carbocycles. The van der Waals surface area contributed by atoms with Crippen LogP contribution in [0.2, 0.25) is 0 Å². The number of nitrogens with one attached hydrogen (secondary N) is 1. The summed E-state index contributed by atoms with van der Waals surface area (Å²) in [4.78, 5) is 0. The fourth-order valence-corrected chi connectivity index (χ4v) is 2.96. The zero-order valence-corrected chi connectivity index (χ0v) is 6.41. The lowest BCUT2D eigenvalue weighted by Crippen LogP contribution is -2.48. The molecule has 2 atom stereocenters. The first-order valence-corrected chi connectivity index (χ1v) is 4.94. The first-order valence-electron chi connectivity index (χ1n) is 3.79. The molecule has 2 aliphatic rings. The van der Waals surface area contributed by atoms with Crippen LogP contribution in [0.15, 0.2) is 0 Å². The second-order valence-electron chi connectivity index (χ2n) is 3.03. The molecule has 1 N–H and O–H groups in total. The van der Waals surface area contributed by atoms with Crippen LogP contribution < -0.4 is 5.32 Å². The van der Waals surface area contributed by atoms with Gasteiger partial charge in [-0.05, 0) is 12.8 Å². The highest BCUT2D eigenvalue weighted by Gasteiger charge is 2.24. The fourth-order valence-electron chi connectivity index (χ4n) is 1.73. The van der Waals surface area contributed by atoms with Crippen LogP contribution in [0.4, 0.5) is 0 Å². The molecule has 2 heteroatoms. The van der Waals surface area contributed by atoms with Crippen LogP contribution in [-0.2, 0) is 0 Å². The van der Waals surface area contributed by atoms with Gasteiger partial charge in [0.25, 0.3) is 0 Å². The number of hydrogen-bond donors (Lipinski definition) is 1. The molecule has 2 saturated heterocycles. The van der Waals surface area contributed by atoms with Crippen molar-refractivity contribution < 1.29 is 0 Å². The smallest absolute Gasteiger partial charge is 0.0161 e. The normalized spacial score (nSPS) is 42.7. The first-order chi connectivity index (χ1) is 4.45. The van der Waals surface area contributed by atoms with Crippen molar-refractivity contribution >= 4 is 11.8 Å². The van der Waals surface area contributed by atoms with Crippen molar-refractivity contribution in [3.8, 4) is 0 Å². The second-order valence-corrected chi connectivity index (χ2v) is 4.10. The fraction of sp³-hybridized carbons (Fsp3) is 1.00. The quantitative estimate of drug-likeness (QED) is 0.547. The summed E-state index contributed by atoms with van der Waals surface area (Å²) >= 11 is 2.12. The summed E-state index contributed by atoms with van der Waals surface area (Å²) in [7, 11) is 0. The Bertz CT molecular complexity index is 85.1. The summed E-state index contributed by atoms with van der Waals surface area (Å²) in [6.45, 7) is 0. The van der Waals surface area contributed by atoms with Crippen LogP contribution >= 0.6 is 11.8 Å². The molecular weight excluding hydrogens is 130 g/mol. The van der Waals surface area contributed by atoms with E-state index in [1.54, 1.807) is 0 Å². The van der Waals surface area contributed by atoms with E-state index in [4.69, 9.17) is 0 Å². The highest BCUT2D eigenvalue weighted by atomic mass is 32.2. The molecule has 0 amide bonds. The van der Waals surface area contributed by atoms with Gasteiger partial charge in [-0.2, -0.15) is 11.8 Å². The van der Waals surface area contributed by atoms with Gasteiger partial charge < -0.3 is 5.32 Å². The van der Waals surface area contributed by atoms with Crippen LogP contribution in [0.1, 0.15) is 19.3 Å². The highest BCUT2D eigenvalue weighted by molar-refractivity contribution is 7.99. The second kappa shape index (κ2) is 2.51. The van der Waals surface area contributed by atoms with Gasteiger partial charge in [-0.25, -0.2) is 0 Å². The number of thioether (sulfide) groups is 1. The van der Waals surface area contributed by atoms with Gasteiger partial charge in [0.2, 0.25) is 0 Å². The first kappa shape index (κ1) is 6.05. The van der Waals surface area contributed by atoms with Gasteiger partial charge in [-0.1, -0.05) is 6.42 Å². The molecule has 2 heterocycles. The Morgan fingerprint density at radius 2 is 1.78 bits per heavy atom. The van der Waals surface area contributed by atoms with E-state index >= 15 is 0 Å². The van der Waals surface area contributed by atoms with E-state index in [-0.39, 0.29) is 0 Å². The van der Waals surface area contributed by atoms with Crippen molar-refractivity contribution in [1.82, 2.24) is 5.32 Å². The molecule has 2 aliphatic heterocycles. The van der Waals surface area contributed by atoms with Crippen LogP contribution in [0.3, 0.4) is 0 Å². The molecule has 2 rings (SSSR count). The van der Waals surface area contributed by atoms with Gasteiger partial charge in [0, 0.05) is 23.6 Å². The van der Waals surface area contributed by atoms with E-state index in [0.717, 1.165) is 12.1 Å². The van der Waals surface area contributed by atoms with Crippen LogP contribution in [-0.4, -0.2) is 23.6 Å². The van der Waals surface area contributed by atoms with Gasteiger partial charge in [0.15, 0.2) is 0 Å². The number of rotatable bonds is 0. The average Bonchev–Trinajstić information content (AvgIpc) is 1.88.